The maximum Gasteiger partial charge on any atom is 0.338 e. The molecule has 8 rings (SSSR count). The van der Waals surface area contributed by atoms with Crippen molar-refractivity contribution < 1.29 is 52.2 Å². The lowest BCUT2D eigenvalue weighted by Gasteiger charge is -2.45. The van der Waals surface area contributed by atoms with Gasteiger partial charge in [-0.1, -0.05) is 170 Å². The van der Waals surface area contributed by atoms with E-state index in [0.29, 0.717) is 12.2 Å². The Kier molecular flexibility index (Phi) is 17.0. The van der Waals surface area contributed by atoms with E-state index in [4.69, 9.17) is 47.4 Å². The maximum absolute atomic E-state index is 13.9. The quantitative estimate of drug-likeness (QED) is 0.0611. The van der Waals surface area contributed by atoms with Crippen LogP contribution in [0.1, 0.15) is 38.2 Å². The minimum Gasteiger partial charge on any atom is -0.450 e. The first-order chi connectivity index (χ1) is 32.1. The van der Waals surface area contributed by atoms with E-state index in [2.05, 4.69) is 0 Å². The van der Waals surface area contributed by atoms with Crippen LogP contribution < -0.4 is 0 Å². The molecule has 0 unspecified atom stereocenters. The number of benzene rings is 6. The van der Waals surface area contributed by atoms with Crippen molar-refractivity contribution in [3.05, 3.63) is 215 Å². The van der Waals surface area contributed by atoms with Gasteiger partial charge >= 0.3 is 5.97 Å². The number of hydrogen-bond acceptors (Lipinski definition) is 11. The van der Waals surface area contributed by atoms with E-state index < -0.39 is 61.3 Å². The van der Waals surface area contributed by atoms with Crippen LogP contribution in [0.5, 0.6) is 0 Å². The van der Waals surface area contributed by atoms with Gasteiger partial charge in [-0.15, -0.1) is 0 Å². The fourth-order valence-electron chi connectivity index (χ4n) is 7.95. The second-order valence-corrected chi connectivity index (χ2v) is 15.9. The Labute approximate surface area is 381 Å². The lowest BCUT2D eigenvalue weighted by Crippen LogP contribution is -2.61. The molecular weight excluding hydrogens is 825 g/mol. The van der Waals surface area contributed by atoms with E-state index in [-0.39, 0.29) is 39.6 Å². The molecular formula is C54H56O11. The van der Waals surface area contributed by atoms with Crippen molar-refractivity contribution in [1.82, 2.24) is 0 Å². The summed E-state index contributed by atoms with van der Waals surface area (Å²) in [6, 6.07) is 58.3. The SMILES string of the molecule is CO[C@H]1O[C@H](CO[C@H]2O[C@H](COCc3ccccc3)[C@@H](OCc3ccccc3)[C@@H]2OC(=O)c2ccccc2)[C@@H](OCc2ccccc2)[C@H](OCc2ccccc2)[C@H]1OCc1ccccc1. The molecule has 2 aliphatic rings. The summed E-state index contributed by atoms with van der Waals surface area (Å²) >= 11 is 0. The third-order valence-electron chi connectivity index (χ3n) is 11.3. The number of rotatable bonds is 22. The lowest BCUT2D eigenvalue weighted by atomic mass is 9.97. The molecule has 0 aromatic heterocycles. The van der Waals surface area contributed by atoms with Crippen molar-refractivity contribution in [3.63, 3.8) is 0 Å². The summed E-state index contributed by atoms with van der Waals surface area (Å²) in [5.41, 5.74) is 5.26. The van der Waals surface area contributed by atoms with Gasteiger partial charge in [-0.2, -0.15) is 0 Å². The molecule has 0 radical (unpaired) electrons. The normalized spacial score (nSPS) is 24.1. The number of methoxy groups -OCH3 is 1. The highest BCUT2D eigenvalue weighted by Crippen LogP contribution is 2.34. The average Bonchev–Trinajstić information content (AvgIpc) is 3.69. The van der Waals surface area contributed by atoms with Gasteiger partial charge in [-0.3, -0.25) is 0 Å². The number of hydrogen-bond donors (Lipinski definition) is 0. The summed E-state index contributed by atoms with van der Waals surface area (Å²) in [6.45, 7) is 1.47. The number of esters is 1. The molecule has 2 aliphatic heterocycles. The van der Waals surface area contributed by atoms with Crippen LogP contribution in [-0.2, 0) is 80.4 Å². The molecule has 0 amide bonds. The summed E-state index contributed by atoms with van der Waals surface area (Å²) in [5.74, 6) is -0.544. The van der Waals surface area contributed by atoms with Crippen LogP contribution in [0.15, 0.2) is 182 Å². The first-order valence-corrected chi connectivity index (χ1v) is 22.1. The molecule has 2 heterocycles. The van der Waals surface area contributed by atoms with Crippen LogP contribution in [-0.4, -0.2) is 81.6 Å². The van der Waals surface area contributed by atoms with E-state index in [1.165, 1.54) is 0 Å². The van der Waals surface area contributed by atoms with E-state index in [9.17, 15) is 4.79 Å². The van der Waals surface area contributed by atoms with Crippen molar-refractivity contribution in [1.29, 1.82) is 0 Å². The Hall–Kier alpha value is -5.57. The van der Waals surface area contributed by atoms with Gasteiger partial charge < -0.3 is 47.4 Å². The molecule has 0 spiro atoms. The molecule has 6 aromatic rings. The smallest absolute Gasteiger partial charge is 0.338 e. The van der Waals surface area contributed by atoms with Gasteiger partial charge in [-0.05, 0) is 39.9 Å². The first kappa shape index (κ1) is 46.0. The molecule has 0 bridgehead atoms. The zero-order chi connectivity index (χ0) is 44.5. The zero-order valence-electron chi connectivity index (χ0n) is 36.5. The van der Waals surface area contributed by atoms with E-state index in [1.54, 1.807) is 31.4 Å². The summed E-state index contributed by atoms with van der Waals surface area (Å²) < 4.78 is 65.6. The largest absolute Gasteiger partial charge is 0.450 e. The number of carbonyl (C=O) groups excluding carboxylic acids is 1. The molecule has 11 nitrogen and oxygen atoms in total. The third kappa shape index (κ3) is 13.0. The Bertz CT molecular complexity index is 2250. The van der Waals surface area contributed by atoms with Crippen molar-refractivity contribution in [3.8, 4) is 0 Å². The molecule has 9 atom stereocenters. The molecule has 0 saturated carbocycles. The van der Waals surface area contributed by atoms with Gasteiger partial charge in [0.15, 0.2) is 18.7 Å². The van der Waals surface area contributed by atoms with Crippen molar-refractivity contribution >= 4 is 5.97 Å². The standard InChI is InChI=1S/C54H56O11/c1-56-53-50(61-36-43-28-16-6-17-29-43)49(60-35-42-26-14-5-15-27-42)47(58-33-40-22-10-3-11-23-40)46(63-53)38-62-54-51(65-52(55)44-30-18-7-19-31-44)48(59-34-41-24-12-4-13-25-41)45(64-54)37-57-32-39-20-8-2-9-21-39/h2-31,45-51,53-54H,32-38H2,1H3/t45-,46-,47-,48-,49+,50-,51+,53+,54+/m1/s1. The van der Waals surface area contributed by atoms with Crippen molar-refractivity contribution in [2.45, 2.75) is 88.3 Å². The molecule has 11 heteroatoms. The van der Waals surface area contributed by atoms with Gasteiger partial charge in [0.1, 0.15) is 36.6 Å². The second kappa shape index (κ2) is 24.1. The lowest BCUT2D eigenvalue weighted by molar-refractivity contribution is -0.328. The van der Waals surface area contributed by atoms with Crippen LogP contribution in [0, 0.1) is 0 Å². The Balaban J connectivity index is 1.08. The highest BCUT2D eigenvalue weighted by molar-refractivity contribution is 5.89. The average molecular weight is 881 g/mol. The van der Waals surface area contributed by atoms with E-state index in [0.717, 1.165) is 27.8 Å². The molecule has 0 N–H and O–H groups in total. The first-order valence-electron chi connectivity index (χ1n) is 22.1. The minimum absolute atomic E-state index is 0.0665. The molecule has 2 saturated heterocycles. The van der Waals surface area contributed by atoms with Crippen LogP contribution in [0.2, 0.25) is 0 Å². The Morgan fingerprint density at radius 1 is 0.400 bits per heavy atom. The summed E-state index contributed by atoms with van der Waals surface area (Å²) in [4.78, 5) is 13.9. The fraction of sp³-hybridized carbons (Fsp3) is 0.315. The van der Waals surface area contributed by atoms with Crippen LogP contribution in [0.25, 0.3) is 0 Å². The predicted octanol–water partition coefficient (Wildman–Crippen LogP) is 8.88. The maximum atomic E-state index is 13.9. The minimum atomic E-state index is -1.09. The van der Waals surface area contributed by atoms with Crippen molar-refractivity contribution in [2.24, 2.45) is 0 Å². The van der Waals surface area contributed by atoms with Crippen LogP contribution >= 0.6 is 0 Å². The number of carbonyl (C=O) groups is 1. The number of ether oxygens (including phenoxy) is 10. The highest BCUT2D eigenvalue weighted by Gasteiger charge is 2.52. The summed E-state index contributed by atoms with van der Waals surface area (Å²) in [6.07, 6.45) is -7.31. The van der Waals surface area contributed by atoms with Gasteiger partial charge in [0, 0.05) is 7.11 Å². The van der Waals surface area contributed by atoms with E-state index in [1.807, 2.05) is 158 Å². The third-order valence-corrected chi connectivity index (χ3v) is 11.3. The van der Waals surface area contributed by atoms with Gasteiger partial charge in [-0.25, -0.2) is 4.79 Å². The Morgan fingerprint density at radius 3 is 1.23 bits per heavy atom. The Morgan fingerprint density at radius 2 is 0.769 bits per heavy atom. The second-order valence-electron chi connectivity index (χ2n) is 15.9. The molecule has 0 aliphatic carbocycles. The fourth-order valence-corrected chi connectivity index (χ4v) is 7.95. The summed E-state index contributed by atoms with van der Waals surface area (Å²) in [7, 11) is 1.58. The van der Waals surface area contributed by atoms with E-state index >= 15 is 0 Å². The molecule has 338 valence electrons. The predicted molar refractivity (Wildman–Crippen MR) is 242 cm³/mol. The van der Waals surface area contributed by atoms with Gasteiger partial charge in [0.2, 0.25) is 0 Å². The molecule has 6 aromatic carbocycles. The highest BCUT2D eigenvalue weighted by atomic mass is 16.8. The monoisotopic (exact) mass is 880 g/mol. The molecule has 65 heavy (non-hydrogen) atoms. The zero-order valence-corrected chi connectivity index (χ0v) is 36.5. The molecule has 2 fully saturated rings. The van der Waals surface area contributed by atoms with Crippen molar-refractivity contribution in [2.75, 3.05) is 20.3 Å². The van der Waals surface area contributed by atoms with Crippen LogP contribution in [0.3, 0.4) is 0 Å². The van der Waals surface area contributed by atoms with Crippen LogP contribution in [0.4, 0.5) is 0 Å². The van der Waals surface area contributed by atoms with Gasteiger partial charge in [0.25, 0.3) is 0 Å². The van der Waals surface area contributed by atoms with Gasteiger partial charge in [0.05, 0.1) is 51.8 Å². The topological polar surface area (TPSA) is 109 Å². The summed E-state index contributed by atoms with van der Waals surface area (Å²) in [5, 5.41) is 0.